The molecule has 1 aliphatic heterocycles. The number of para-hydroxylation sites is 1. The molecule has 2 heterocycles. The third kappa shape index (κ3) is 6.52. The van der Waals surface area contributed by atoms with E-state index in [1.54, 1.807) is 0 Å². The zero-order valence-electron chi connectivity index (χ0n) is 18.4. The summed E-state index contributed by atoms with van der Waals surface area (Å²) in [6, 6.07) is 15.3. The number of aromatic nitrogens is 3. The summed E-state index contributed by atoms with van der Waals surface area (Å²) in [5, 5.41) is 6.84. The molecule has 0 aliphatic carbocycles. The number of carbonyl (C=O) groups excluding carboxylic acids is 1. The van der Waals surface area contributed by atoms with E-state index in [9.17, 15) is 14.0 Å². The molecule has 0 bridgehead atoms. The van der Waals surface area contributed by atoms with Crippen LogP contribution in [0.15, 0.2) is 65.7 Å². The zero-order valence-corrected chi connectivity index (χ0v) is 18.4. The third-order valence-corrected chi connectivity index (χ3v) is 5.80. The summed E-state index contributed by atoms with van der Waals surface area (Å²) in [6.07, 6.45) is 3.36. The highest BCUT2D eigenvalue weighted by molar-refractivity contribution is 5.90. The van der Waals surface area contributed by atoms with Gasteiger partial charge in [-0.15, -0.1) is 0 Å². The number of halogens is 1. The number of hydrogen-bond donors (Lipinski definition) is 1. The highest BCUT2D eigenvalue weighted by Crippen LogP contribution is 2.18. The molecule has 0 radical (unpaired) electrons. The lowest BCUT2D eigenvalue weighted by atomic mass is 9.97. The van der Waals surface area contributed by atoms with Crippen LogP contribution in [0, 0.1) is 11.7 Å². The van der Waals surface area contributed by atoms with Gasteiger partial charge in [0.05, 0.1) is 0 Å². The first kappa shape index (κ1) is 22.7. The Hall–Kier alpha value is -3.46. The van der Waals surface area contributed by atoms with E-state index < -0.39 is 0 Å². The fourth-order valence-electron chi connectivity index (χ4n) is 3.94. The van der Waals surface area contributed by atoms with Gasteiger partial charge in [0.25, 0.3) is 0 Å². The minimum absolute atomic E-state index is 0.143. The number of nitrogens with zero attached hydrogens (tertiary/aromatic N) is 4. The predicted molar refractivity (Wildman–Crippen MR) is 123 cm³/mol. The van der Waals surface area contributed by atoms with Gasteiger partial charge < -0.3 is 10.1 Å². The van der Waals surface area contributed by atoms with Gasteiger partial charge >= 0.3 is 5.69 Å². The number of likely N-dealkylation sites (tertiary alicyclic amines) is 1. The molecular weight excluding hydrogens is 425 g/mol. The topological polar surface area (TPSA) is 81.4 Å². The average Bonchev–Trinajstić information content (AvgIpc) is 3.16. The van der Waals surface area contributed by atoms with E-state index in [-0.39, 0.29) is 24.0 Å². The fraction of sp³-hybridized carbons (Fsp3) is 0.375. The van der Waals surface area contributed by atoms with Gasteiger partial charge in [0.1, 0.15) is 31.0 Å². The lowest BCUT2D eigenvalue weighted by Gasteiger charge is -2.31. The van der Waals surface area contributed by atoms with Crippen LogP contribution in [0.25, 0.3) is 0 Å². The Morgan fingerprint density at radius 2 is 1.82 bits per heavy atom. The van der Waals surface area contributed by atoms with E-state index in [0.29, 0.717) is 24.8 Å². The lowest BCUT2D eigenvalue weighted by Crippen LogP contribution is -2.39. The van der Waals surface area contributed by atoms with Crippen molar-refractivity contribution in [1.82, 2.24) is 19.2 Å². The SMILES string of the molecule is O=C(Cn1cnn(CC2CCN(CCOc3ccccc3)CC2)c1=O)Nc1ccc(F)cc1. The maximum atomic E-state index is 13.0. The van der Waals surface area contributed by atoms with Crippen LogP contribution in [-0.4, -0.2) is 51.4 Å². The summed E-state index contributed by atoms with van der Waals surface area (Å²) in [6.45, 7) is 3.84. The van der Waals surface area contributed by atoms with E-state index in [2.05, 4.69) is 15.3 Å². The van der Waals surface area contributed by atoms with E-state index in [0.717, 1.165) is 38.2 Å². The molecule has 1 fully saturated rings. The highest BCUT2D eigenvalue weighted by Gasteiger charge is 2.21. The van der Waals surface area contributed by atoms with Crippen molar-refractivity contribution >= 4 is 11.6 Å². The second-order valence-electron chi connectivity index (χ2n) is 8.23. The normalized spacial score (nSPS) is 14.8. The molecule has 0 atom stereocenters. The molecule has 8 nitrogen and oxygen atoms in total. The maximum Gasteiger partial charge on any atom is 0.346 e. The Morgan fingerprint density at radius 3 is 2.55 bits per heavy atom. The number of benzene rings is 2. The van der Waals surface area contributed by atoms with Crippen molar-refractivity contribution < 1.29 is 13.9 Å². The molecule has 0 spiro atoms. The predicted octanol–water partition coefficient (Wildman–Crippen LogP) is 2.61. The average molecular weight is 454 g/mol. The molecule has 4 rings (SSSR count). The molecular formula is C24H28FN5O3. The molecule has 1 aromatic heterocycles. The monoisotopic (exact) mass is 453 g/mol. The highest BCUT2D eigenvalue weighted by atomic mass is 19.1. The van der Waals surface area contributed by atoms with Crippen LogP contribution in [0.5, 0.6) is 5.75 Å². The van der Waals surface area contributed by atoms with Crippen molar-refractivity contribution in [3.63, 3.8) is 0 Å². The van der Waals surface area contributed by atoms with Gasteiger partial charge in [-0.1, -0.05) is 18.2 Å². The first-order chi connectivity index (χ1) is 16.1. The van der Waals surface area contributed by atoms with E-state index in [1.165, 1.54) is 39.8 Å². The molecule has 1 saturated heterocycles. The van der Waals surface area contributed by atoms with Gasteiger partial charge in [0, 0.05) is 18.8 Å². The second-order valence-corrected chi connectivity index (χ2v) is 8.23. The molecule has 33 heavy (non-hydrogen) atoms. The Balaban J connectivity index is 1.20. The Bertz CT molecular complexity index is 1090. The molecule has 0 unspecified atom stereocenters. The van der Waals surface area contributed by atoms with Crippen LogP contribution in [0.4, 0.5) is 10.1 Å². The van der Waals surface area contributed by atoms with Crippen molar-refractivity contribution in [3.05, 3.63) is 77.2 Å². The van der Waals surface area contributed by atoms with Gasteiger partial charge in [-0.05, 0) is 68.2 Å². The van der Waals surface area contributed by atoms with Crippen molar-refractivity contribution in [2.75, 3.05) is 31.6 Å². The number of carbonyl (C=O) groups is 1. The first-order valence-corrected chi connectivity index (χ1v) is 11.1. The van der Waals surface area contributed by atoms with Crippen molar-refractivity contribution in [2.45, 2.75) is 25.9 Å². The van der Waals surface area contributed by atoms with E-state index >= 15 is 0 Å². The summed E-state index contributed by atoms with van der Waals surface area (Å²) in [7, 11) is 0. The first-order valence-electron chi connectivity index (χ1n) is 11.1. The van der Waals surface area contributed by atoms with Gasteiger partial charge in [0.2, 0.25) is 5.91 Å². The molecule has 9 heteroatoms. The lowest BCUT2D eigenvalue weighted by molar-refractivity contribution is -0.116. The summed E-state index contributed by atoms with van der Waals surface area (Å²) < 4.78 is 21.5. The zero-order chi connectivity index (χ0) is 23.0. The van der Waals surface area contributed by atoms with Crippen LogP contribution in [0.2, 0.25) is 0 Å². The molecule has 1 N–H and O–H groups in total. The Kier molecular flexibility index (Phi) is 7.51. The Labute approximate surface area is 191 Å². The van der Waals surface area contributed by atoms with Gasteiger partial charge in [-0.2, -0.15) is 5.10 Å². The van der Waals surface area contributed by atoms with Crippen molar-refractivity contribution in [3.8, 4) is 5.75 Å². The number of hydrogen-bond acceptors (Lipinski definition) is 5. The van der Waals surface area contributed by atoms with Crippen LogP contribution in [-0.2, 0) is 17.9 Å². The largest absolute Gasteiger partial charge is 0.492 e. The number of rotatable bonds is 9. The molecule has 3 aromatic rings. The summed E-state index contributed by atoms with van der Waals surface area (Å²) in [4.78, 5) is 27.2. The minimum atomic E-state index is -0.378. The van der Waals surface area contributed by atoms with Crippen LogP contribution in [0.3, 0.4) is 0 Å². The molecule has 1 amide bonds. The standard InChI is InChI=1S/C24H28FN5O3/c25-20-6-8-21(9-7-20)27-23(31)17-29-18-26-30(24(29)32)16-19-10-12-28(13-11-19)14-15-33-22-4-2-1-3-5-22/h1-9,18-19H,10-17H2,(H,27,31). The number of anilines is 1. The van der Waals surface area contributed by atoms with Crippen molar-refractivity contribution in [1.29, 1.82) is 0 Å². The van der Waals surface area contributed by atoms with Crippen LogP contribution >= 0.6 is 0 Å². The number of piperidine rings is 1. The molecule has 0 saturated carbocycles. The third-order valence-electron chi connectivity index (χ3n) is 5.80. The fourth-order valence-corrected chi connectivity index (χ4v) is 3.94. The quantitative estimate of drug-likeness (QED) is 0.539. The summed E-state index contributed by atoms with van der Waals surface area (Å²) in [5.41, 5.74) is 0.172. The Morgan fingerprint density at radius 1 is 1.09 bits per heavy atom. The number of nitrogens with one attached hydrogen (secondary N) is 1. The molecule has 174 valence electrons. The number of ether oxygens (including phenoxy) is 1. The smallest absolute Gasteiger partial charge is 0.346 e. The van der Waals surface area contributed by atoms with Crippen molar-refractivity contribution in [2.24, 2.45) is 5.92 Å². The maximum absolute atomic E-state index is 13.0. The second kappa shape index (κ2) is 10.9. The van der Waals surface area contributed by atoms with Gasteiger partial charge in [-0.25, -0.2) is 13.9 Å². The molecule has 1 aliphatic rings. The van der Waals surface area contributed by atoms with Gasteiger partial charge in [-0.3, -0.25) is 14.3 Å². The number of amides is 1. The van der Waals surface area contributed by atoms with E-state index in [4.69, 9.17) is 4.74 Å². The molecule has 2 aromatic carbocycles. The van der Waals surface area contributed by atoms with E-state index in [1.807, 2.05) is 30.3 Å². The minimum Gasteiger partial charge on any atom is -0.492 e. The van der Waals surface area contributed by atoms with Crippen LogP contribution < -0.4 is 15.7 Å². The summed E-state index contributed by atoms with van der Waals surface area (Å²) in [5.74, 6) is 0.505. The summed E-state index contributed by atoms with van der Waals surface area (Å²) >= 11 is 0. The van der Waals surface area contributed by atoms with Crippen LogP contribution in [0.1, 0.15) is 12.8 Å². The van der Waals surface area contributed by atoms with Gasteiger partial charge in [0.15, 0.2) is 0 Å².